The molecular formula is C14H21NO3. The van der Waals surface area contributed by atoms with Gasteiger partial charge >= 0.3 is 0 Å². The first-order valence-corrected chi connectivity index (χ1v) is 6.43. The van der Waals surface area contributed by atoms with Gasteiger partial charge in [0, 0.05) is 12.6 Å². The van der Waals surface area contributed by atoms with E-state index in [-0.39, 0.29) is 12.6 Å². The molecule has 0 spiro atoms. The maximum atomic E-state index is 9.39. The Kier molecular flexibility index (Phi) is 4.58. The van der Waals surface area contributed by atoms with Crippen molar-refractivity contribution in [2.75, 3.05) is 20.3 Å². The lowest BCUT2D eigenvalue weighted by molar-refractivity contribution is 0.0912. The lowest BCUT2D eigenvalue weighted by atomic mass is 9.87. The molecule has 0 aromatic heterocycles. The van der Waals surface area contributed by atoms with E-state index >= 15 is 0 Å². The molecule has 4 nitrogen and oxygen atoms in total. The average molecular weight is 251 g/mol. The molecule has 3 N–H and O–H groups in total. The van der Waals surface area contributed by atoms with Crippen molar-refractivity contribution < 1.29 is 14.9 Å². The van der Waals surface area contributed by atoms with Crippen LogP contribution in [-0.2, 0) is 6.42 Å². The van der Waals surface area contributed by atoms with Gasteiger partial charge < -0.3 is 20.3 Å². The minimum atomic E-state index is -0.686. The summed E-state index contributed by atoms with van der Waals surface area (Å²) in [7, 11) is 1.68. The SMILES string of the molecule is COc1ccc2c(c1)CCCC2NCC(O)CO. The van der Waals surface area contributed by atoms with Crippen molar-refractivity contribution in [3.8, 4) is 5.75 Å². The van der Waals surface area contributed by atoms with Gasteiger partial charge in [0.15, 0.2) is 0 Å². The molecule has 0 saturated heterocycles. The van der Waals surface area contributed by atoms with E-state index in [1.807, 2.05) is 6.07 Å². The third kappa shape index (κ3) is 3.02. The standard InChI is InChI=1S/C14H21NO3/c1-18-12-5-6-13-10(7-12)3-2-4-14(13)15-8-11(17)9-16/h5-7,11,14-17H,2-4,8-9H2,1H3. The summed E-state index contributed by atoms with van der Waals surface area (Å²) in [5.41, 5.74) is 2.60. The summed E-state index contributed by atoms with van der Waals surface area (Å²) in [4.78, 5) is 0. The normalized spacial score (nSPS) is 20.3. The fourth-order valence-corrected chi connectivity index (χ4v) is 2.47. The van der Waals surface area contributed by atoms with E-state index < -0.39 is 6.10 Å². The van der Waals surface area contributed by atoms with Crippen LogP contribution in [0.3, 0.4) is 0 Å². The minimum Gasteiger partial charge on any atom is -0.497 e. The number of hydrogen-bond donors (Lipinski definition) is 3. The molecule has 1 aromatic carbocycles. The predicted octanol–water partition coefficient (Wildman–Crippen LogP) is 1.02. The van der Waals surface area contributed by atoms with Gasteiger partial charge in [-0.05, 0) is 42.5 Å². The molecule has 2 atom stereocenters. The lowest BCUT2D eigenvalue weighted by Crippen LogP contribution is -2.33. The third-order valence-electron chi connectivity index (χ3n) is 3.48. The highest BCUT2D eigenvalue weighted by Gasteiger charge is 2.20. The smallest absolute Gasteiger partial charge is 0.119 e. The second kappa shape index (κ2) is 6.18. The van der Waals surface area contributed by atoms with E-state index in [1.54, 1.807) is 7.11 Å². The second-order valence-corrected chi connectivity index (χ2v) is 4.75. The molecule has 0 bridgehead atoms. The number of ether oxygens (including phenoxy) is 1. The van der Waals surface area contributed by atoms with Crippen molar-refractivity contribution in [1.29, 1.82) is 0 Å². The van der Waals surface area contributed by atoms with Crippen molar-refractivity contribution in [1.82, 2.24) is 5.32 Å². The Labute approximate surface area is 108 Å². The Morgan fingerprint density at radius 2 is 2.33 bits per heavy atom. The Bertz CT molecular complexity index is 395. The Balaban J connectivity index is 2.08. The van der Waals surface area contributed by atoms with Crippen LogP contribution in [0.5, 0.6) is 5.75 Å². The number of methoxy groups -OCH3 is 1. The highest BCUT2D eigenvalue weighted by atomic mass is 16.5. The zero-order chi connectivity index (χ0) is 13.0. The summed E-state index contributed by atoms with van der Waals surface area (Å²) in [6.07, 6.45) is 2.59. The van der Waals surface area contributed by atoms with Crippen molar-refractivity contribution >= 4 is 0 Å². The summed E-state index contributed by atoms with van der Waals surface area (Å²) < 4.78 is 5.24. The van der Waals surface area contributed by atoms with Crippen LogP contribution in [0.15, 0.2) is 18.2 Å². The van der Waals surface area contributed by atoms with Gasteiger partial charge in [-0.1, -0.05) is 6.07 Å². The zero-order valence-corrected chi connectivity index (χ0v) is 10.7. The second-order valence-electron chi connectivity index (χ2n) is 4.75. The summed E-state index contributed by atoms with van der Waals surface area (Å²) in [5, 5.41) is 21.5. The number of aryl methyl sites for hydroxylation is 1. The first-order valence-electron chi connectivity index (χ1n) is 6.43. The maximum Gasteiger partial charge on any atom is 0.119 e. The first-order chi connectivity index (χ1) is 8.74. The quantitative estimate of drug-likeness (QED) is 0.731. The fraction of sp³-hybridized carbons (Fsp3) is 0.571. The Hall–Kier alpha value is -1.10. The molecule has 1 aromatic rings. The van der Waals surface area contributed by atoms with E-state index in [9.17, 15) is 5.11 Å². The van der Waals surface area contributed by atoms with E-state index in [0.717, 1.165) is 25.0 Å². The number of rotatable bonds is 5. The summed E-state index contributed by atoms with van der Waals surface area (Å²) in [6, 6.07) is 6.42. The van der Waals surface area contributed by atoms with Crippen LogP contribution < -0.4 is 10.1 Å². The Morgan fingerprint density at radius 3 is 3.06 bits per heavy atom. The highest BCUT2D eigenvalue weighted by Crippen LogP contribution is 2.32. The number of fused-ring (bicyclic) bond motifs is 1. The topological polar surface area (TPSA) is 61.7 Å². The molecule has 2 unspecified atom stereocenters. The molecule has 0 saturated carbocycles. The molecule has 2 rings (SSSR count). The van der Waals surface area contributed by atoms with Crippen LogP contribution in [0, 0.1) is 0 Å². The number of aliphatic hydroxyl groups is 2. The Morgan fingerprint density at radius 1 is 1.50 bits per heavy atom. The van der Waals surface area contributed by atoms with Crippen molar-refractivity contribution in [3.63, 3.8) is 0 Å². The summed E-state index contributed by atoms with van der Waals surface area (Å²) >= 11 is 0. The van der Waals surface area contributed by atoms with Crippen LogP contribution in [0.2, 0.25) is 0 Å². The lowest BCUT2D eigenvalue weighted by Gasteiger charge is -2.27. The molecular weight excluding hydrogens is 230 g/mol. The van der Waals surface area contributed by atoms with E-state index in [1.165, 1.54) is 11.1 Å². The van der Waals surface area contributed by atoms with Crippen LogP contribution >= 0.6 is 0 Å². The molecule has 0 heterocycles. The maximum absolute atomic E-state index is 9.39. The molecule has 0 fully saturated rings. The van der Waals surface area contributed by atoms with E-state index in [2.05, 4.69) is 17.4 Å². The number of hydrogen-bond acceptors (Lipinski definition) is 4. The van der Waals surface area contributed by atoms with Gasteiger partial charge in [-0.2, -0.15) is 0 Å². The van der Waals surface area contributed by atoms with Gasteiger partial charge in [0.2, 0.25) is 0 Å². The molecule has 100 valence electrons. The van der Waals surface area contributed by atoms with Crippen LogP contribution in [0.25, 0.3) is 0 Å². The summed E-state index contributed by atoms with van der Waals surface area (Å²) in [6.45, 7) is 0.224. The largest absolute Gasteiger partial charge is 0.497 e. The molecule has 0 amide bonds. The fourth-order valence-electron chi connectivity index (χ4n) is 2.47. The predicted molar refractivity (Wildman–Crippen MR) is 69.8 cm³/mol. The van der Waals surface area contributed by atoms with Crippen molar-refractivity contribution in [3.05, 3.63) is 29.3 Å². The van der Waals surface area contributed by atoms with Crippen LogP contribution in [-0.4, -0.2) is 36.6 Å². The van der Waals surface area contributed by atoms with E-state index in [0.29, 0.717) is 6.54 Å². The summed E-state index contributed by atoms with van der Waals surface area (Å²) in [5.74, 6) is 0.893. The van der Waals surface area contributed by atoms with Gasteiger partial charge in [0.1, 0.15) is 5.75 Å². The van der Waals surface area contributed by atoms with Crippen molar-refractivity contribution in [2.45, 2.75) is 31.4 Å². The van der Waals surface area contributed by atoms with Crippen LogP contribution in [0.1, 0.15) is 30.0 Å². The number of benzene rings is 1. The van der Waals surface area contributed by atoms with Crippen molar-refractivity contribution in [2.24, 2.45) is 0 Å². The van der Waals surface area contributed by atoms with E-state index in [4.69, 9.17) is 9.84 Å². The minimum absolute atomic E-state index is 0.199. The monoisotopic (exact) mass is 251 g/mol. The van der Waals surface area contributed by atoms with Gasteiger partial charge in [-0.25, -0.2) is 0 Å². The molecule has 0 aliphatic heterocycles. The van der Waals surface area contributed by atoms with Gasteiger partial charge in [-0.3, -0.25) is 0 Å². The average Bonchev–Trinajstić information content (AvgIpc) is 2.43. The van der Waals surface area contributed by atoms with Gasteiger partial charge in [-0.15, -0.1) is 0 Å². The van der Waals surface area contributed by atoms with Crippen LogP contribution in [0.4, 0.5) is 0 Å². The first kappa shape index (κ1) is 13.3. The van der Waals surface area contributed by atoms with Gasteiger partial charge in [0.25, 0.3) is 0 Å². The number of aliphatic hydroxyl groups excluding tert-OH is 2. The molecule has 1 aliphatic rings. The highest BCUT2D eigenvalue weighted by molar-refractivity contribution is 5.39. The molecule has 4 heteroatoms. The van der Waals surface area contributed by atoms with Gasteiger partial charge in [0.05, 0.1) is 19.8 Å². The number of nitrogens with one attached hydrogen (secondary N) is 1. The zero-order valence-electron chi connectivity index (χ0n) is 10.7. The third-order valence-corrected chi connectivity index (χ3v) is 3.48. The molecule has 0 radical (unpaired) electrons. The molecule has 18 heavy (non-hydrogen) atoms. The molecule has 1 aliphatic carbocycles.